The molecule has 0 bridgehead atoms. The van der Waals surface area contributed by atoms with Gasteiger partial charge in [0.05, 0.1) is 12.1 Å². The Morgan fingerprint density at radius 3 is 2.88 bits per heavy atom. The molecule has 0 spiro atoms. The predicted octanol–water partition coefficient (Wildman–Crippen LogP) is 4.10. The summed E-state index contributed by atoms with van der Waals surface area (Å²) in [5, 5.41) is 3.34. The van der Waals surface area contributed by atoms with Crippen LogP contribution in [0.5, 0.6) is 0 Å². The minimum atomic E-state index is 0.810. The van der Waals surface area contributed by atoms with Crippen molar-refractivity contribution in [3.63, 3.8) is 0 Å². The van der Waals surface area contributed by atoms with Crippen molar-refractivity contribution >= 4 is 43.9 Å². The monoisotopic (exact) mass is 306 g/mol. The summed E-state index contributed by atoms with van der Waals surface area (Å²) in [6.07, 6.45) is 2.11. The normalized spacial score (nSPS) is 11.1. The zero-order valence-electron chi connectivity index (χ0n) is 9.06. The molecule has 0 aliphatic heterocycles. The first-order valence-electron chi connectivity index (χ1n) is 5.30. The molecule has 17 heavy (non-hydrogen) atoms. The molecule has 0 atom stereocenters. The molecule has 0 amide bonds. The summed E-state index contributed by atoms with van der Waals surface area (Å²) >= 11 is 5.24. The number of thiophene rings is 1. The van der Waals surface area contributed by atoms with E-state index in [0.29, 0.717) is 0 Å². The summed E-state index contributed by atoms with van der Waals surface area (Å²) in [5.41, 5.74) is 7.83. The maximum atomic E-state index is 5.83. The Balaban J connectivity index is 2.03. The maximum Gasteiger partial charge on any atom is 0.0569 e. The molecule has 2 heterocycles. The Kier molecular flexibility index (Phi) is 2.68. The Hall–Kier alpha value is -1.26. The average molecular weight is 307 g/mol. The van der Waals surface area contributed by atoms with Crippen LogP contribution in [0.4, 0.5) is 5.69 Å². The third-order valence-corrected chi connectivity index (χ3v) is 4.43. The number of nitrogens with zero attached hydrogens (tertiary/aromatic N) is 1. The maximum absolute atomic E-state index is 5.83. The molecule has 2 nitrogen and oxygen atoms in total. The van der Waals surface area contributed by atoms with E-state index in [0.717, 1.165) is 16.7 Å². The van der Waals surface area contributed by atoms with E-state index < -0.39 is 0 Å². The molecule has 0 saturated carbocycles. The number of nitrogens with two attached hydrogens (primary N) is 1. The lowest BCUT2D eigenvalue weighted by Gasteiger charge is -2.03. The highest BCUT2D eigenvalue weighted by molar-refractivity contribution is 9.10. The van der Waals surface area contributed by atoms with Gasteiger partial charge in [-0.05, 0) is 45.6 Å². The minimum absolute atomic E-state index is 0.810. The van der Waals surface area contributed by atoms with Crippen LogP contribution in [0.2, 0.25) is 0 Å². The first-order valence-corrected chi connectivity index (χ1v) is 6.97. The number of halogens is 1. The van der Waals surface area contributed by atoms with Crippen LogP contribution in [0, 0.1) is 0 Å². The van der Waals surface area contributed by atoms with Gasteiger partial charge in [-0.2, -0.15) is 0 Å². The van der Waals surface area contributed by atoms with E-state index in [4.69, 9.17) is 5.73 Å². The molecule has 0 aliphatic rings. The van der Waals surface area contributed by atoms with Crippen molar-refractivity contribution in [3.8, 4) is 0 Å². The van der Waals surface area contributed by atoms with Gasteiger partial charge in [-0.25, -0.2) is 0 Å². The second-order valence-corrected chi connectivity index (χ2v) is 5.90. The van der Waals surface area contributed by atoms with Gasteiger partial charge < -0.3 is 10.3 Å². The van der Waals surface area contributed by atoms with Gasteiger partial charge in [-0.1, -0.05) is 6.07 Å². The quantitative estimate of drug-likeness (QED) is 0.710. The summed E-state index contributed by atoms with van der Waals surface area (Å²) in [4.78, 5) is 1.33. The number of hydrogen-bond donors (Lipinski definition) is 1. The number of fused-ring (bicyclic) bond motifs is 1. The van der Waals surface area contributed by atoms with Crippen LogP contribution in [-0.2, 0) is 6.54 Å². The standard InChI is InChI=1S/C13H11BrN2S/c14-10-5-12(17-8-10)7-16-4-3-9-1-2-11(15)6-13(9)16/h1-6,8H,7,15H2. The summed E-state index contributed by atoms with van der Waals surface area (Å²) < 4.78 is 3.37. The lowest BCUT2D eigenvalue weighted by atomic mass is 10.2. The topological polar surface area (TPSA) is 30.9 Å². The van der Waals surface area contributed by atoms with Crippen LogP contribution in [0.3, 0.4) is 0 Å². The number of aromatic nitrogens is 1. The van der Waals surface area contributed by atoms with Crippen LogP contribution in [-0.4, -0.2) is 4.57 Å². The SMILES string of the molecule is Nc1ccc2ccn(Cc3cc(Br)cs3)c2c1. The zero-order valence-corrected chi connectivity index (χ0v) is 11.5. The second-order valence-electron chi connectivity index (χ2n) is 3.99. The van der Waals surface area contributed by atoms with E-state index in [-0.39, 0.29) is 0 Å². The van der Waals surface area contributed by atoms with Crippen molar-refractivity contribution in [2.45, 2.75) is 6.54 Å². The van der Waals surface area contributed by atoms with Crippen molar-refractivity contribution in [3.05, 3.63) is 51.3 Å². The summed E-state index contributed by atoms with van der Waals surface area (Å²) in [7, 11) is 0. The molecule has 3 rings (SSSR count). The van der Waals surface area contributed by atoms with E-state index in [1.807, 2.05) is 12.1 Å². The number of anilines is 1. The van der Waals surface area contributed by atoms with Gasteiger partial charge >= 0.3 is 0 Å². The van der Waals surface area contributed by atoms with E-state index >= 15 is 0 Å². The van der Waals surface area contributed by atoms with E-state index in [1.165, 1.54) is 15.8 Å². The predicted molar refractivity (Wildman–Crippen MR) is 77.5 cm³/mol. The van der Waals surface area contributed by atoms with Crippen molar-refractivity contribution in [2.24, 2.45) is 0 Å². The fraction of sp³-hybridized carbons (Fsp3) is 0.0769. The smallest absolute Gasteiger partial charge is 0.0569 e. The average Bonchev–Trinajstić information content (AvgIpc) is 2.87. The van der Waals surface area contributed by atoms with Crippen LogP contribution in [0.25, 0.3) is 10.9 Å². The number of benzene rings is 1. The Morgan fingerprint density at radius 1 is 1.24 bits per heavy atom. The molecule has 4 heteroatoms. The molecule has 2 N–H and O–H groups in total. The summed E-state index contributed by atoms with van der Waals surface area (Å²) in [6.45, 7) is 0.892. The highest BCUT2D eigenvalue weighted by atomic mass is 79.9. The van der Waals surface area contributed by atoms with Gasteiger partial charge in [-0.3, -0.25) is 0 Å². The lowest BCUT2D eigenvalue weighted by Crippen LogP contribution is -1.96. The van der Waals surface area contributed by atoms with Crippen molar-refractivity contribution in [2.75, 3.05) is 5.73 Å². The molecule has 86 valence electrons. The minimum Gasteiger partial charge on any atom is -0.399 e. The van der Waals surface area contributed by atoms with E-state index in [2.05, 4.69) is 50.3 Å². The number of nitrogen functional groups attached to an aromatic ring is 1. The van der Waals surface area contributed by atoms with Crippen molar-refractivity contribution in [1.29, 1.82) is 0 Å². The van der Waals surface area contributed by atoms with Crippen LogP contribution in [0.15, 0.2) is 46.4 Å². The molecule has 1 aromatic carbocycles. The Bertz CT molecular complexity index is 669. The molecule has 0 fully saturated rings. The molecule has 0 unspecified atom stereocenters. The zero-order chi connectivity index (χ0) is 11.8. The van der Waals surface area contributed by atoms with Crippen LogP contribution in [0.1, 0.15) is 4.88 Å². The fourth-order valence-electron chi connectivity index (χ4n) is 1.94. The molecule has 0 saturated heterocycles. The van der Waals surface area contributed by atoms with Crippen LogP contribution < -0.4 is 5.73 Å². The molecular weight excluding hydrogens is 296 g/mol. The molecule has 2 aromatic heterocycles. The summed E-state index contributed by atoms with van der Waals surface area (Å²) in [5.74, 6) is 0. The van der Waals surface area contributed by atoms with E-state index in [1.54, 1.807) is 11.3 Å². The molecule has 0 aliphatic carbocycles. The first kappa shape index (κ1) is 10.9. The van der Waals surface area contributed by atoms with Gasteiger partial charge in [0.2, 0.25) is 0 Å². The highest BCUT2D eigenvalue weighted by Crippen LogP contribution is 2.24. The fourth-order valence-corrected chi connectivity index (χ4v) is 3.39. The Morgan fingerprint density at radius 2 is 2.12 bits per heavy atom. The van der Waals surface area contributed by atoms with Gasteiger partial charge in [0.15, 0.2) is 0 Å². The van der Waals surface area contributed by atoms with Crippen LogP contribution >= 0.6 is 27.3 Å². The third-order valence-electron chi connectivity index (χ3n) is 2.75. The van der Waals surface area contributed by atoms with Gasteiger partial charge in [-0.15, -0.1) is 11.3 Å². The van der Waals surface area contributed by atoms with Gasteiger partial charge in [0.1, 0.15) is 0 Å². The number of hydrogen-bond acceptors (Lipinski definition) is 2. The number of rotatable bonds is 2. The first-order chi connectivity index (χ1) is 8.22. The third kappa shape index (κ3) is 2.10. The molecular formula is C13H11BrN2S. The largest absolute Gasteiger partial charge is 0.399 e. The van der Waals surface area contributed by atoms with Gasteiger partial charge in [0, 0.05) is 26.6 Å². The van der Waals surface area contributed by atoms with Gasteiger partial charge in [0.25, 0.3) is 0 Å². The second kappa shape index (κ2) is 4.20. The highest BCUT2D eigenvalue weighted by Gasteiger charge is 2.03. The molecule has 0 radical (unpaired) electrons. The lowest BCUT2D eigenvalue weighted by molar-refractivity contribution is 0.851. The molecule has 3 aromatic rings. The van der Waals surface area contributed by atoms with Crippen molar-refractivity contribution < 1.29 is 0 Å². The van der Waals surface area contributed by atoms with E-state index in [9.17, 15) is 0 Å². The summed E-state index contributed by atoms with van der Waals surface area (Å²) in [6, 6.07) is 10.3. The Labute approximate surface area is 112 Å². The van der Waals surface area contributed by atoms with Crippen molar-refractivity contribution in [1.82, 2.24) is 4.57 Å².